The van der Waals surface area contributed by atoms with E-state index in [1.165, 1.54) is 111 Å². The third-order valence-electron chi connectivity index (χ3n) is 15.1. The minimum atomic E-state index is -4.01. The lowest BCUT2D eigenvalue weighted by molar-refractivity contribution is 0.00578. The smallest absolute Gasteiger partial charge is 0.494 e. The first-order chi connectivity index (χ1) is 42.5. The zero-order chi connectivity index (χ0) is 65.2. The van der Waals surface area contributed by atoms with Crippen LogP contribution in [0.2, 0.25) is 0 Å². The first-order valence-corrected chi connectivity index (χ1v) is 30.7. The maximum Gasteiger partial charge on any atom is 0.494 e. The van der Waals surface area contributed by atoms with Crippen molar-refractivity contribution in [2.24, 2.45) is 0 Å². The summed E-state index contributed by atoms with van der Waals surface area (Å²) in [5.41, 5.74) is -0.780. The molecule has 8 aromatic rings. The van der Waals surface area contributed by atoms with Crippen LogP contribution in [0.3, 0.4) is 0 Å². The number of methoxy groups -OCH3 is 2. The number of pyridine rings is 2. The minimum absolute atomic E-state index is 0. The van der Waals surface area contributed by atoms with Crippen molar-refractivity contribution in [3.8, 4) is 34.0 Å². The van der Waals surface area contributed by atoms with Gasteiger partial charge in [-0.3, -0.25) is 28.2 Å². The highest BCUT2D eigenvalue weighted by atomic mass is 79.9. The van der Waals surface area contributed by atoms with Crippen molar-refractivity contribution in [1.82, 2.24) is 38.1 Å². The van der Waals surface area contributed by atoms with Gasteiger partial charge < -0.3 is 18.8 Å². The van der Waals surface area contributed by atoms with Gasteiger partial charge in [-0.15, -0.1) is 10.2 Å². The first-order valence-electron chi connectivity index (χ1n) is 27.0. The zero-order valence-corrected chi connectivity index (χ0v) is 55.9. The molecule has 0 spiro atoms. The Balaban J connectivity index is 0.000000205. The molecule has 3 aliphatic rings. The van der Waals surface area contributed by atoms with E-state index in [0.717, 1.165) is 30.3 Å². The third-order valence-corrected chi connectivity index (χ3v) is 18.6. The van der Waals surface area contributed by atoms with Gasteiger partial charge in [-0.05, 0) is 120 Å². The molecule has 490 valence electrons. The molecule has 0 bridgehead atoms. The Morgan fingerprint density at radius 1 is 0.587 bits per heavy atom. The summed E-state index contributed by atoms with van der Waals surface area (Å²) in [6.07, 6.45) is -2.77. The maximum absolute atomic E-state index is 15.4. The highest BCUT2D eigenvalue weighted by molar-refractivity contribution is 9.10. The SMILES string of the molecule is CC1(C)OB(c2ccc(F)c(C(F)F)c2)OC1(C)C.COc1cc(-c2ccc(F)c(C(F)F)c2)c(F)cc1-n1c2c(ccc1=O)CN(S(=O)(=O)Nc1cccnn1)CC2.COc1cc(Br)c(F)cc1-n1c2c(ccc1=O)CN(S(=O)(=O)Nc1cccnn1)CC2.P.P. The quantitative estimate of drug-likeness (QED) is 0.0587. The van der Waals surface area contributed by atoms with Crippen LogP contribution in [-0.4, -0.2) is 101 Å². The fourth-order valence-electron chi connectivity index (χ4n) is 9.81. The van der Waals surface area contributed by atoms with E-state index in [2.05, 4.69) is 45.8 Å². The average molecular weight is 1430 g/mol. The number of ether oxygens (including phenoxy) is 2. The van der Waals surface area contributed by atoms with Crippen LogP contribution in [0.25, 0.3) is 22.5 Å². The molecule has 92 heavy (non-hydrogen) atoms. The van der Waals surface area contributed by atoms with Crippen LogP contribution in [0.1, 0.15) is 74.2 Å². The van der Waals surface area contributed by atoms with Gasteiger partial charge in [-0.1, -0.05) is 30.3 Å². The van der Waals surface area contributed by atoms with Gasteiger partial charge in [0.05, 0.1) is 52.4 Å². The second-order valence-electron chi connectivity index (χ2n) is 21.2. The molecule has 2 N–H and O–H groups in total. The van der Waals surface area contributed by atoms with Crippen LogP contribution in [0.15, 0.2) is 136 Å². The fourth-order valence-corrected chi connectivity index (χ4v) is 12.4. The number of hydrogen-bond acceptors (Lipinski definition) is 14. The molecule has 7 heterocycles. The van der Waals surface area contributed by atoms with Crippen molar-refractivity contribution in [2.75, 3.05) is 36.8 Å². The molecule has 3 aliphatic heterocycles. The predicted octanol–water partition coefficient (Wildman–Crippen LogP) is 9.67. The molecule has 20 nitrogen and oxygen atoms in total. The van der Waals surface area contributed by atoms with Gasteiger partial charge in [0.15, 0.2) is 11.6 Å². The minimum Gasteiger partial charge on any atom is -0.495 e. The number of halogens is 9. The van der Waals surface area contributed by atoms with Gasteiger partial charge in [0.1, 0.15) is 34.8 Å². The number of hydrogen-bond donors (Lipinski definition) is 2. The van der Waals surface area contributed by atoms with Gasteiger partial charge in [-0.2, -0.15) is 55.4 Å². The van der Waals surface area contributed by atoms with Crippen LogP contribution in [-0.2, 0) is 55.7 Å². The molecule has 11 rings (SSSR count). The van der Waals surface area contributed by atoms with E-state index in [-0.39, 0.29) is 109 Å². The molecule has 0 amide bonds. The molecule has 0 aliphatic carbocycles. The lowest BCUT2D eigenvalue weighted by atomic mass is 9.78. The second-order valence-corrected chi connectivity index (χ2v) is 25.4. The van der Waals surface area contributed by atoms with Crippen molar-refractivity contribution >= 4 is 80.4 Å². The number of anilines is 2. The number of benzene rings is 4. The molecule has 0 saturated carbocycles. The summed E-state index contributed by atoms with van der Waals surface area (Å²) in [4.78, 5) is 25.7. The summed E-state index contributed by atoms with van der Waals surface area (Å²) in [7, 11) is -5.94. The van der Waals surface area contributed by atoms with Crippen molar-refractivity contribution in [2.45, 2.75) is 77.7 Å². The van der Waals surface area contributed by atoms with Gasteiger partial charge in [0.25, 0.3) is 24.0 Å². The molecule has 0 radical (unpaired) electrons. The summed E-state index contributed by atoms with van der Waals surface area (Å²) >= 11 is 3.11. The van der Waals surface area contributed by atoms with Crippen LogP contribution >= 0.6 is 35.7 Å². The molecule has 34 heteroatoms. The van der Waals surface area contributed by atoms with E-state index >= 15 is 4.39 Å². The second kappa shape index (κ2) is 29.3. The lowest BCUT2D eigenvalue weighted by Crippen LogP contribution is -2.41. The van der Waals surface area contributed by atoms with E-state index in [1.807, 2.05) is 27.7 Å². The van der Waals surface area contributed by atoms with E-state index in [9.17, 15) is 57.2 Å². The molecular formula is C58H60BBrF8N10O10P2S2. The Hall–Kier alpha value is -7.28. The molecule has 2 unspecified atom stereocenters. The standard InChI is InChI=1S/C26H21F4N5O4S.C19H17BrFN5O4S.C13H16BF3O2.2H3P/c1-39-23-12-17(15-4-6-19(27)18(11-15)26(29)30)20(28)13-22(23)35-21-8-10-34(14-16(21)5-7-25(35)36)40(37,38)33-24-3-2-9-31-32-24;1-30-17-9-13(20)14(21)10-16(17)26-15-6-8-25(11-12(15)4-5-19(26)27)31(28,29)24-18-3-2-7-22-23-18;1-12(2)13(3,4)19-14(18-12)8-5-6-10(15)9(7-8)11(16)17;;/h2-7,9,11-13,26H,8,10,14H2,1H3,(H,32,33);2-5,7,9-10H,6,8,11H2,1H3,(H,23,24);5-7,11H,1-4H3;2*1H3. The van der Waals surface area contributed by atoms with Crippen LogP contribution in [0, 0.1) is 23.3 Å². The topological polar surface area (TPSA) is 231 Å². The van der Waals surface area contributed by atoms with Crippen LogP contribution < -0.4 is 35.5 Å². The molecule has 1 fully saturated rings. The number of alkyl halides is 4. The maximum atomic E-state index is 15.4. The number of aromatic nitrogens is 6. The Labute approximate surface area is 538 Å². The molecule has 4 aromatic heterocycles. The number of fused-ring (bicyclic) bond motifs is 2. The average Bonchev–Trinajstić information content (AvgIpc) is 1.30. The summed E-state index contributed by atoms with van der Waals surface area (Å²) < 4.78 is 192. The van der Waals surface area contributed by atoms with Crippen molar-refractivity contribution < 1.29 is 70.7 Å². The Bertz CT molecular complexity index is 4360. The molecular weight excluding hydrogens is 1370 g/mol. The highest BCUT2D eigenvalue weighted by Gasteiger charge is 2.52. The van der Waals surface area contributed by atoms with E-state index in [4.69, 9.17) is 18.8 Å². The van der Waals surface area contributed by atoms with Gasteiger partial charge in [0, 0.05) is 92.6 Å². The van der Waals surface area contributed by atoms with Crippen LogP contribution in [0.4, 0.5) is 46.8 Å². The monoisotopic (exact) mass is 1420 g/mol. The van der Waals surface area contributed by atoms with Crippen molar-refractivity contribution in [1.29, 1.82) is 0 Å². The third kappa shape index (κ3) is 15.7. The predicted molar refractivity (Wildman–Crippen MR) is 342 cm³/mol. The molecule has 1 saturated heterocycles. The Morgan fingerprint density at radius 3 is 1.48 bits per heavy atom. The van der Waals surface area contributed by atoms with E-state index in [1.54, 1.807) is 12.1 Å². The summed E-state index contributed by atoms with van der Waals surface area (Å²) in [6, 6.07) is 23.0. The van der Waals surface area contributed by atoms with Crippen molar-refractivity contribution in [3.05, 3.63) is 204 Å². The zero-order valence-electron chi connectivity index (χ0n) is 49.8. The summed E-state index contributed by atoms with van der Waals surface area (Å²) in [6.45, 7) is 7.53. The first kappa shape index (κ1) is 72.2. The van der Waals surface area contributed by atoms with Crippen LogP contribution in [0.5, 0.6) is 11.5 Å². The Kier molecular flexibility index (Phi) is 23.0. The number of nitrogens with zero attached hydrogens (tertiary/aromatic N) is 8. The molecule has 4 aromatic carbocycles. The van der Waals surface area contributed by atoms with Gasteiger partial charge >= 0.3 is 27.5 Å². The van der Waals surface area contributed by atoms with E-state index < -0.39 is 91.5 Å². The Morgan fingerprint density at radius 2 is 1.03 bits per heavy atom. The summed E-state index contributed by atoms with van der Waals surface area (Å²) in [5, 5.41) is 14.8. The number of nitrogens with one attached hydrogen (secondary N) is 2. The summed E-state index contributed by atoms with van der Waals surface area (Å²) in [5.74, 6) is -2.94. The van der Waals surface area contributed by atoms with Gasteiger partial charge in [-0.25, -0.2) is 35.1 Å². The van der Waals surface area contributed by atoms with E-state index in [0.29, 0.717) is 33.7 Å². The van der Waals surface area contributed by atoms with Crippen molar-refractivity contribution in [3.63, 3.8) is 0 Å². The number of rotatable bonds is 14. The van der Waals surface area contributed by atoms with Gasteiger partial charge in [0.2, 0.25) is 0 Å². The normalized spacial score (nSPS) is 15.1. The fraction of sp³-hybridized carbons (Fsp3) is 0.276. The highest BCUT2D eigenvalue weighted by Crippen LogP contribution is 2.39. The lowest BCUT2D eigenvalue weighted by Gasteiger charge is -2.32. The molecule has 2 atom stereocenters. The largest absolute Gasteiger partial charge is 0.495 e.